The molecule has 3 rings (SSSR count). The van der Waals surface area contributed by atoms with Crippen LogP contribution < -0.4 is 0 Å². The molecule has 0 unspecified atom stereocenters. The monoisotopic (exact) mass is 329 g/mol. The van der Waals surface area contributed by atoms with Gasteiger partial charge in [-0.15, -0.1) is 11.3 Å². The van der Waals surface area contributed by atoms with E-state index in [-0.39, 0.29) is 11.7 Å². The highest BCUT2D eigenvalue weighted by atomic mass is 32.1. The van der Waals surface area contributed by atoms with Crippen molar-refractivity contribution in [3.63, 3.8) is 0 Å². The fourth-order valence-electron chi connectivity index (χ4n) is 2.32. The minimum atomic E-state index is -0.349. The maximum atomic E-state index is 13.1. The van der Waals surface area contributed by atoms with Gasteiger partial charge in [-0.05, 0) is 54.3 Å². The number of carbonyl (C=O) groups is 1. The molecule has 0 radical (unpaired) electrons. The van der Waals surface area contributed by atoms with Crippen LogP contribution in [0.5, 0.6) is 0 Å². The van der Waals surface area contributed by atoms with Crippen molar-refractivity contribution in [2.24, 2.45) is 0 Å². The fourth-order valence-corrected chi connectivity index (χ4v) is 3.02. The molecule has 118 valence electrons. The van der Waals surface area contributed by atoms with Crippen LogP contribution in [0, 0.1) is 5.82 Å². The van der Waals surface area contributed by atoms with Crippen molar-refractivity contribution in [1.82, 2.24) is 4.90 Å². The van der Waals surface area contributed by atoms with Crippen molar-refractivity contribution >= 4 is 17.2 Å². The van der Waals surface area contributed by atoms with E-state index in [9.17, 15) is 9.18 Å². The highest BCUT2D eigenvalue weighted by Gasteiger charge is 2.17. The molecule has 1 amide bonds. The minimum absolute atomic E-state index is 0.127. The zero-order valence-corrected chi connectivity index (χ0v) is 13.3. The summed E-state index contributed by atoms with van der Waals surface area (Å²) >= 11 is 1.67. The summed E-state index contributed by atoms with van der Waals surface area (Å²) in [6, 6.07) is 13.3. The first-order valence-electron chi connectivity index (χ1n) is 7.32. The van der Waals surface area contributed by atoms with Gasteiger partial charge in [0.1, 0.15) is 11.6 Å². The van der Waals surface area contributed by atoms with Gasteiger partial charge in [-0.1, -0.05) is 6.07 Å². The first-order chi connectivity index (χ1) is 11.2. The summed E-state index contributed by atoms with van der Waals surface area (Å²) in [7, 11) is 0. The molecule has 0 bridgehead atoms. The summed E-state index contributed by atoms with van der Waals surface area (Å²) in [6.07, 6.45) is 2.38. The van der Waals surface area contributed by atoms with Gasteiger partial charge in [0.15, 0.2) is 0 Å². The smallest absolute Gasteiger partial charge is 0.254 e. The molecule has 3 aromatic rings. The molecule has 23 heavy (non-hydrogen) atoms. The maximum Gasteiger partial charge on any atom is 0.254 e. The quantitative estimate of drug-likeness (QED) is 0.673. The molecule has 0 aliphatic heterocycles. The van der Waals surface area contributed by atoms with Crippen LogP contribution in [0.1, 0.15) is 21.0 Å². The number of furan rings is 1. The Labute approximate surface area is 138 Å². The molecular formula is C18H16FNO2S. The Kier molecular flexibility index (Phi) is 4.88. The number of benzene rings is 1. The summed E-state index contributed by atoms with van der Waals surface area (Å²) in [5, 5.41) is 2.02. The predicted octanol–water partition coefficient (Wildman–Crippen LogP) is 4.37. The average molecular weight is 329 g/mol. The van der Waals surface area contributed by atoms with E-state index in [1.54, 1.807) is 28.6 Å². The molecule has 0 fully saturated rings. The SMILES string of the molecule is O=C(c1ccc(F)cc1)N(CCc1cccs1)Cc1ccco1. The number of hydrogen-bond donors (Lipinski definition) is 0. The summed E-state index contributed by atoms with van der Waals surface area (Å²) in [5.41, 5.74) is 0.476. The van der Waals surface area contributed by atoms with E-state index in [4.69, 9.17) is 4.42 Å². The van der Waals surface area contributed by atoms with Crippen LogP contribution in [0.25, 0.3) is 0 Å². The summed E-state index contributed by atoms with van der Waals surface area (Å²) in [4.78, 5) is 15.7. The van der Waals surface area contributed by atoms with Crippen molar-refractivity contribution in [1.29, 1.82) is 0 Å². The molecule has 2 aromatic heterocycles. The second kappa shape index (κ2) is 7.24. The number of halogens is 1. The summed E-state index contributed by atoms with van der Waals surface area (Å²) in [5.74, 6) is 0.252. The highest BCUT2D eigenvalue weighted by molar-refractivity contribution is 7.09. The van der Waals surface area contributed by atoms with E-state index in [0.29, 0.717) is 18.7 Å². The predicted molar refractivity (Wildman–Crippen MR) is 87.9 cm³/mol. The molecule has 0 spiro atoms. The Morgan fingerprint density at radius 3 is 2.61 bits per heavy atom. The Morgan fingerprint density at radius 1 is 1.13 bits per heavy atom. The van der Waals surface area contributed by atoms with Crippen LogP contribution in [0.2, 0.25) is 0 Å². The zero-order chi connectivity index (χ0) is 16.1. The molecule has 0 aliphatic carbocycles. The largest absolute Gasteiger partial charge is 0.467 e. The van der Waals surface area contributed by atoms with Gasteiger partial charge >= 0.3 is 0 Å². The average Bonchev–Trinajstić information content (AvgIpc) is 3.25. The second-order valence-corrected chi connectivity index (χ2v) is 6.17. The lowest BCUT2D eigenvalue weighted by molar-refractivity contribution is 0.0734. The summed E-state index contributed by atoms with van der Waals surface area (Å²) in [6.45, 7) is 0.978. The molecule has 0 saturated carbocycles. The number of rotatable bonds is 6. The van der Waals surface area contributed by atoms with Crippen LogP contribution in [-0.2, 0) is 13.0 Å². The Bertz CT molecular complexity index is 736. The normalized spacial score (nSPS) is 10.7. The standard InChI is InChI=1S/C18H16FNO2S/c19-15-7-5-14(6-8-15)18(21)20(13-16-3-1-11-22-16)10-9-17-4-2-12-23-17/h1-8,11-12H,9-10,13H2. The minimum Gasteiger partial charge on any atom is -0.467 e. The van der Waals surface area contributed by atoms with Gasteiger partial charge in [0.05, 0.1) is 12.8 Å². The van der Waals surface area contributed by atoms with Crippen LogP contribution in [0.3, 0.4) is 0 Å². The van der Waals surface area contributed by atoms with Crippen LogP contribution in [-0.4, -0.2) is 17.4 Å². The molecular weight excluding hydrogens is 313 g/mol. The van der Waals surface area contributed by atoms with E-state index < -0.39 is 0 Å². The van der Waals surface area contributed by atoms with E-state index in [0.717, 1.165) is 12.2 Å². The number of nitrogens with zero attached hydrogens (tertiary/aromatic N) is 1. The highest BCUT2D eigenvalue weighted by Crippen LogP contribution is 2.15. The first kappa shape index (κ1) is 15.5. The van der Waals surface area contributed by atoms with Crippen LogP contribution in [0.4, 0.5) is 4.39 Å². The summed E-state index contributed by atoms with van der Waals surface area (Å²) < 4.78 is 18.4. The lowest BCUT2D eigenvalue weighted by Crippen LogP contribution is -2.32. The van der Waals surface area contributed by atoms with Gasteiger partial charge < -0.3 is 9.32 Å². The van der Waals surface area contributed by atoms with Crippen molar-refractivity contribution in [2.45, 2.75) is 13.0 Å². The molecule has 0 saturated heterocycles. The van der Waals surface area contributed by atoms with E-state index in [1.807, 2.05) is 17.5 Å². The molecule has 3 nitrogen and oxygen atoms in total. The third kappa shape index (κ3) is 4.07. The Balaban J connectivity index is 1.75. The van der Waals surface area contributed by atoms with E-state index in [2.05, 4.69) is 6.07 Å². The molecule has 1 aromatic carbocycles. The maximum absolute atomic E-state index is 13.1. The number of carbonyl (C=O) groups excluding carboxylic acids is 1. The zero-order valence-electron chi connectivity index (χ0n) is 12.4. The molecule has 0 aliphatic rings. The van der Waals surface area contributed by atoms with Gasteiger partial charge in [-0.3, -0.25) is 4.79 Å². The van der Waals surface area contributed by atoms with Crippen molar-refractivity contribution < 1.29 is 13.6 Å². The molecule has 5 heteroatoms. The topological polar surface area (TPSA) is 33.5 Å². The van der Waals surface area contributed by atoms with Crippen molar-refractivity contribution in [3.8, 4) is 0 Å². The molecule has 2 heterocycles. The Hall–Kier alpha value is -2.40. The number of amides is 1. The van der Waals surface area contributed by atoms with Crippen LogP contribution >= 0.6 is 11.3 Å². The van der Waals surface area contributed by atoms with Crippen molar-refractivity contribution in [2.75, 3.05) is 6.54 Å². The van der Waals surface area contributed by atoms with E-state index in [1.165, 1.54) is 29.1 Å². The number of thiophene rings is 1. The van der Waals surface area contributed by atoms with Gasteiger partial charge in [-0.25, -0.2) is 4.39 Å². The van der Waals surface area contributed by atoms with Gasteiger partial charge in [0.2, 0.25) is 0 Å². The second-order valence-electron chi connectivity index (χ2n) is 5.14. The lowest BCUT2D eigenvalue weighted by atomic mass is 10.2. The van der Waals surface area contributed by atoms with E-state index >= 15 is 0 Å². The third-order valence-corrected chi connectivity index (χ3v) is 4.45. The lowest BCUT2D eigenvalue weighted by Gasteiger charge is -2.21. The Morgan fingerprint density at radius 2 is 1.96 bits per heavy atom. The van der Waals surface area contributed by atoms with Gasteiger partial charge in [0.25, 0.3) is 5.91 Å². The molecule has 0 atom stereocenters. The first-order valence-corrected chi connectivity index (χ1v) is 8.20. The van der Waals surface area contributed by atoms with Gasteiger partial charge in [0, 0.05) is 17.0 Å². The van der Waals surface area contributed by atoms with Crippen LogP contribution in [0.15, 0.2) is 64.6 Å². The van der Waals surface area contributed by atoms with Gasteiger partial charge in [-0.2, -0.15) is 0 Å². The third-order valence-electron chi connectivity index (χ3n) is 3.51. The molecule has 0 N–H and O–H groups in total. The number of hydrogen-bond acceptors (Lipinski definition) is 3. The van der Waals surface area contributed by atoms with Crippen molar-refractivity contribution in [3.05, 3.63) is 82.2 Å². The fraction of sp³-hybridized carbons (Fsp3) is 0.167.